The molecular weight excluding hydrogens is 372 g/mol. The van der Waals surface area contributed by atoms with Crippen LogP contribution >= 0.6 is 11.3 Å². The molecule has 152 valence electrons. The van der Waals surface area contributed by atoms with Crippen LogP contribution in [0.4, 0.5) is 0 Å². The SMILES string of the molecule is Cc1sc2ncn(CCC(=O)NC[C@H]3CCCN4CCCC[C@@H]34)c(=O)c2c1C. The van der Waals surface area contributed by atoms with Gasteiger partial charge in [0, 0.05) is 30.4 Å². The Morgan fingerprint density at radius 2 is 2.07 bits per heavy atom. The quantitative estimate of drug-likeness (QED) is 0.835. The maximum atomic E-state index is 12.7. The fourth-order valence-corrected chi connectivity index (χ4v) is 5.79. The lowest BCUT2D eigenvalue weighted by atomic mass is 9.83. The van der Waals surface area contributed by atoms with Gasteiger partial charge in [0.2, 0.25) is 5.91 Å². The molecule has 2 saturated heterocycles. The number of rotatable bonds is 5. The van der Waals surface area contributed by atoms with Gasteiger partial charge in [0.1, 0.15) is 4.83 Å². The second-order valence-electron chi connectivity index (χ2n) is 8.26. The molecule has 0 bridgehead atoms. The van der Waals surface area contributed by atoms with Crippen molar-refractivity contribution in [3.05, 3.63) is 27.1 Å². The first kappa shape index (κ1) is 19.6. The van der Waals surface area contributed by atoms with Crippen molar-refractivity contribution in [3.8, 4) is 0 Å². The summed E-state index contributed by atoms with van der Waals surface area (Å²) in [5, 5.41) is 3.83. The second-order valence-corrected chi connectivity index (χ2v) is 9.47. The number of amides is 1. The minimum atomic E-state index is -0.0372. The van der Waals surface area contributed by atoms with E-state index in [-0.39, 0.29) is 11.5 Å². The van der Waals surface area contributed by atoms with Crippen LogP contribution in [-0.4, -0.2) is 46.0 Å². The summed E-state index contributed by atoms with van der Waals surface area (Å²) >= 11 is 1.55. The van der Waals surface area contributed by atoms with Crippen molar-refractivity contribution in [3.63, 3.8) is 0 Å². The monoisotopic (exact) mass is 402 g/mol. The van der Waals surface area contributed by atoms with E-state index < -0.39 is 0 Å². The molecular formula is C21H30N4O2S. The topological polar surface area (TPSA) is 67.2 Å². The third kappa shape index (κ3) is 3.87. The second kappa shape index (κ2) is 8.33. The Kier molecular flexibility index (Phi) is 5.83. The molecule has 1 amide bonds. The molecule has 2 atom stereocenters. The molecule has 0 unspecified atom stereocenters. The maximum absolute atomic E-state index is 12.7. The predicted octanol–water partition coefficient (Wildman–Crippen LogP) is 2.85. The summed E-state index contributed by atoms with van der Waals surface area (Å²) in [4.78, 5) is 34.1. The Labute approximate surface area is 169 Å². The fourth-order valence-electron chi connectivity index (χ4n) is 4.80. The van der Waals surface area contributed by atoms with E-state index in [1.807, 2.05) is 13.8 Å². The lowest BCUT2D eigenvalue weighted by molar-refractivity contribution is -0.121. The molecule has 7 heteroatoms. The van der Waals surface area contributed by atoms with E-state index in [0.717, 1.165) is 21.8 Å². The number of aryl methyl sites for hydroxylation is 3. The number of piperidine rings is 2. The van der Waals surface area contributed by atoms with Crippen LogP contribution < -0.4 is 10.9 Å². The molecule has 2 aliphatic rings. The highest BCUT2D eigenvalue weighted by Gasteiger charge is 2.32. The zero-order valence-corrected chi connectivity index (χ0v) is 17.7. The summed E-state index contributed by atoms with van der Waals surface area (Å²) in [6, 6.07) is 0.641. The highest BCUT2D eigenvalue weighted by molar-refractivity contribution is 7.18. The van der Waals surface area contributed by atoms with Crippen LogP contribution in [0.3, 0.4) is 0 Å². The molecule has 0 aliphatic carbocycles. The smallest absolute Gasteiger partial charge is 0.262 e. The van der Waals surface area contributed by atoms with Gasteiger partial charge in [0.05, 0.1) is 11.7 Å². The van der Waals surface area contributed by atoms with Gasteiger partial charge in [-0.3, -0.25) is 14.2 Å². The molecule has 2 aromatic rings. The van der Waals surface area contributed by atoms with Gasteiger partial charge in [0.25, 0.3) is 5.56 Å². The van der Waals surface area contributed by atoms with Crippen molar-refractivity contribution in [1.82, 2.24) is 19.8 Å². The highest BCUT2D eigenvalue weighted by Crippen LogP contribution is 2.30. The van der Waals surface area contributed by atoms with E-state index in [9.17, 15) is 9.59 Å². The van der Waals surface area contributed by atoms with Gasteiger partial charge < -0.3 is 10.2 Å². The molecule has 0 spiro atoms. The zero-order chi connectivity index (χ0) is 19.7. The van der Waals surface area contributed by atoms with Crippen LogP contribution in [0.25, 0.3) is 10.2 Å². The molecule has 2 aromatic heterocycles. The Morgan fingerprint density at radius 3 is 2.93 bits per heavy atom. The molecule has 4 heterocycles. The van der Waals surface area contributed by atoms with E-state index in [0.29, 0.717) is 30.3 Å². The molecule has 2 fully saturated rings. The molecule has 2 aliphatic heterocycles. The van der Waals surface area contributed by atoms with Crippen LogP contribution in [0.1, 0.15) is 49.0 Å². The number of carbonyl (C=O) groups excluding carboxylic acids is 1. The van der Waals surface area contributed by atoms with Gasteiger partial charge in [-0.05, 0) is 64.1 Å². The van der Waals surface area contributed by atoms with Crippen molar-refractivity contribution in [2.75, 3.05) is 19.6 Å². The average molecular weight is 403 g/mol. The lowest BCUT2D eigenvalue weighted by Crippen LogP contribution is -2.51. The van der Waals surface area contributed by atoms with E-state index in [1.165, 1.54) is 45.2 Å². The van der Waals surface area contributed by atoms with E-state index in [2.05, 4.69) is 15.2 Å². The molecule has 0 radical (unpaired) electrons. The fraction of sp³-hybridized carbons (Fsp3) is 0.667. The first-order valence-electron chi connectivity index (χ1n) is 10.5. The summed E-state index contributed by atoms with van der Waals surface area (Å²) in [6.07, 6.45) is 8.22. The summed E-state index contributed by atoms with van der Waals surface area (Å²) in [5.74, 6) is 0.591. The van der Waals surface area contributed by atoms with Crippen LogP contribution in [0, 0.1) is 19.8 Å². The number of hydrogen-bond donors (Lipinski definition) is 1. The Bertz CT molecular complexity index is 917. The normalized spacial score (nSPS) is 22.9. The minimum Gasteiger partial charge on any atom is -0.356 e. The lowest BCUT2D eigenvalue weighted by Gasteiger charge is -2.44. The minimum absolute atomic E-state index is 0.0261. The van der Waals surface area contributed by atoms with Crippen LogP contribution in [-0.2, 0) is 11.3 Å². The van der Waals surface area contributed by atoms with Gasteiger partial charge >= 0.3 is 0 Å². The molecule has 4 rings (SSSR count). The van der Waals surface area contributed by atoms with E-state index in [4.69, 9.17) is 0 Å². The maximum Gasteiger partial charge on any atom is 0.262 e. The van der Waals surface area contributed by atoms with Gasteiger partial charge in [0.15, 0.2) is 0 Å². The Balaban J connectivity index is 1.33. The predicted molar refractivity (Wildman–Crippen MR) is 113 cm³/mol. The average Bonchev–Trinajstić information content (AvgIpc) is 3.00. The first-order chi connectivity index (χ1) is 13.5. The highest BCUT2D eigenvalue weighted by atomic mass is 32.1. The molecule has 1 N–H and O–H groups in total. The van der Waals surface area contributed by atoms with Gasteiger partial charge in [-0.25, -0.2) is 4.98 Å². The standard InChI is InChI=1S/C21H30N4O2S/c1-14-15(2)28-20-19(14)21(27)25(13-23-20)11-8-18(26)22-12-16-6-5-10-24-9-4-3-7-17(16)24/h13,16-17H,3-12H2,1-2H3,(H,22,26)/t16-,17+/m1/s1. The molecule has 6 nitrogen and oxygen atoms in total. The number of thiophene rings is 1. The van der Waals surface area contributed by atoms with Gasteiger partial charge in [-0.1, -0.05) is 6.42 Å². The number of nitrogens with zero attached hydrogens (tertiary/aromatic N) is 3. The van der Waals surface area contributed by atoms with Crippen molar-refractivity contribution < 1.29 is 4.79 Å². The molecule has 0 saturated carbocycles. The van der Waals surface area contributed by atoms with Crippen molar-refractivity contribution in [1.29, 1.82) is 0 Å². The summed E-state index contributed by atoms with van der Waals surface area (Å²) in [5.41, 5.74) is 0.968. The van der Waals surface area contributed by atoms with Crippen LogP contribution in [0.15, 0.2) is 11.1 Å². The van der Waals surface area contributed by atoms with Crippen molar-refractivity contribution in [2.24, 2.45) is 5.92 Å². The van der Waals surface area contributed by atoms with E-state index in [1.54, 1.807) is 22.2 Å². The summed E-state index contributed by atoms with van der Waals surface area (Å²) in [6.45, 7) is 7.55. The molecule has 28 heavy (non-hydrogen) atoms. The largest absolute Gasteiger partial charge is 0.356 e. The van der Waals surface area contributed by atoms with E-state index >= 15 is 0 Å². The number of hydrogen-bond acceptors (Lipinski definition) is 5. The number of aromatic nitrogens is 2. The van der Waals surface area contributed by atoms with Crippen LogP contribution in [0.2, 0.25) is 0 Å². The number of nitrogens with one attached hydrogen (secondary N) is 1. The van der Waals surface area contributed by atoms with Gasteiger partial charge in [-0.15, -0.1) is 11.3 Å². The Hall–Kier alpha value is -1.73. The first-order valence-corrected chi connectivity index (χ1v) is 11.3. The van der Waals surface area contributed by atoms with Crippen molar-refractivity contribution >= 4 is 27.5 Å². The third-order valence-electron chi connectivity index (χ3n) is 6.53. The molecule has 0 aromatic carbocycles. The third-order valence-corrected chi connectivity index (χ3v) is 7.64. The Morgan fingerprint density at radius 1 is 1.25 bits per heavy atom. The summed E-state index contributed by atoms with van der Waals surface area (Å²) in [7, 11) is 0. The number of carbonyl (C=O) groups is 1. The zero-order valence-electron chi connectivity index (χ0n) is 16.9. The number of fused-ring (bicyclic) bond motifs is 2. The van der Waals surface area contributed by atoms with Crippen molar-refractivity contribution in [2.45, 2.75) is 65.0 Å². The van der Waals surface area contributed by atoms with Gasteiger partial charge in [-0.2, -0.15) is 0 Å². The summed E-state index contributed by atoms with van der Waals surface area (Å²) < 4.78 is 1.57. The van der Waals surface area contributed by atoms with Crippen LogP contribution in [0.5, 0.6) is 0 Å².